The van der Waals surface area contributed by atoms with Crippen LogP contribution in [0.25, 0.3) is 0 Å². The van der Waals surface area contributed by atoms with Crippen LogP contribution >= 0.6 is 15.6 Å². The average Bonchev–Trinajstić information content (AvgIpc) is 0.771. The molecule has 1 amide bonds. The Bertz CT molecular complexity index is 4640. The second kappa shape index (κ2) is 50.9. The fourth-order valence-corrected chi connectivity index (χ4v) is 17.1. The van der Waals surface area contributed by atoms with E-state index in [0.29, 0.717) is 12.0 Å². The molecule has 3 fully saturated rings. The molecule has 3 aliphatic rings. The summed E-state index contributed by atoms with van der Waals surface area (Å²) in [4.78, 5) is 12.5. The average molecular weight is 1720 g/mol. The van der Waals surface area contributed by atoms with Crippen molar-refractivity contribution in [3.63, 3.8) is 0 Å². The minimum atomic E-state index is -5.21. The van der Waals surface area contributed by atoms with E-state index in [1.165, 1.54) is 0 Å². The van der Waals surface area contributed by atoms with Crippen LogP contribution < -0.4 is 5.32 Å². The van der Waals surface area contributed by atoms with E-state index in [9.17, 15) is 20.4 Å². The Morgan fingerprint density at radius 2 is 0.561 bits per heavy atom. The van der Waals surface area contributed by atoms with Gasteiger partial charge in [-0.25, -0.2) is 9.13 Å². The molecule has 0 aromatic heterocycles. The fraction of sp³-hybridized carbons (Fsp3) is 0.400. The number of hydrogen-bond donors (Lipinski definition) is 2. The zero-order chi connectivity index (χ0) is 85.4. The summed E-state index contributed by atoms with van der Waals surface area (Å²) < 4.78 is 163. The summed E-state index contributed by atoms with van der Waals surface area (Å²) in [5.74, 6) is -0.169. The van der Waals surface area contributed by atoms with Gasteiger partial charge in [-0.1, -0.05) is 273 Å². The monoisotopic (exact) mass is 1720 g/mol. The summed E-state index contributed by atoms with van der Waals surface area (Å²) in [5, 5.41) is 36.0. The molecule has 3 saturated heterocycles. The lowest BCUT2D eigenvalue weighted by atomic mass is 9.94. The van der Waals surface area contributed by atoms with Gasteiger partial charge in [-0.05, 0) is 56.5 Å². The van der Waals surface area contributed by atoms with E-state index < -0.39 is 134 Å². The fourth-order valence-electron chi connectivity index (χ4n) is 14.3. The van der Waals surface area contributed by atoms with Crippen molar-refractivity contribution in [1.29, 1.82) is 10.5 Å². The SMILES string of the molecule is CNC(=O)CCCOC[C@@H]1O[C@H](COCc2ccccc2)[C@@H](OCc2ccccc2)[C@H](OP(=O)(OCCC#N)OC[C@@H]2O[C@H](COCc3ccccc3)[C@@H](OCc3ccccc3)[C@H](OP(=O)(OCCC#N)OC[C@@H]3O[C@H](COCc4ccccc4)[C@@H](OCc4ccccc4)[C@H](O)[C@H]3OCc3ccccc3)[C@H]2OCc2ccccc2)[C@H]1OCc1ccccc1. The number of carbonyl (C=O) groups is 1. The van der Waals surface area contributed by atoms with Gasteiger partial charge in [0.15, 0.2) is 0 Å². The summed E-state index contributed by atoms with van der Waals surface area (Å²) in [5.41, 5.74) is 7.08. The van der Waals surface area contributed by atoms with Crippen LogP contribution in [0, 0.1) is 22.7 Å². The Kier molecular flexibility index (Phi) is 38.6. The molecule has 3 heterocycles. The molecule has 2 N–H and O–H groups in total. The summed E-state index contributed by atoms with van der Waals surface area (Å²) in [7, 11) is -8.85. The minimum Gasteiger partial charge on any atom is -0.387 e. The molecule has 652 valence electrons. The van der Waals surface area contributed by atoms with Crippen LogP contribution in [-0.4, -0.2) is 169 Å². The van der Waals surface area contributed by atoms with E-state index in [-0.39, 0.29) is 118 Å². The van der Waals surface area contributed by atoms with E-state index in [1.54, 1.807) is 7.05 Å². The molecule has 12 rings (SSSR count). The van der Waals surface area contributed by atoms with Crippen LogP contribution in [0.5, 0.6) is 0 Å². The number of benzene rings is 9. The number of ether oxygens (including phenoxy) is 13. The van der Waals surface area contributed by atoms with Gasteiger partial charge in [-0.15, -0.1) is 0 Å². The molecule has 26 nitrogen and oxygen atoms in total. The van der Waals surface area contributed by atoms with E-state index in [4.69, 9.17) is 88.7 Å². The Morgan fingerprint density at radius 3 is 0.829 bits per heavy atom. The molecular weight excluding hydrogens is 1610 g/mol. The Hall–Kier alpha value is -8.91. The quantitative estimate of drug-likeness (QED) is 0.0264. The van der Waals surface area contributed by atoms with Crippen molar-refractivity contribution in [3.8, 4) is 12.1 Å². The highest BCUT2D eigenvalue weighted by Crippen LogP contribution is 2.56. The first-order valence-corrected chi connectivity index (χ1v) is 44.4. The molecule has 2 unspecified atom stereocenters. The number of nitrogens with one attached hydrogen (secondary N) is 1. The van der Waals surface area contributed by atoms with Crippen LogP contribution in [-0.2, 0) is 162 Å². The third-order valence-corrected chi connectivity index (χ3v) is 23.5. The van der Waals surface area contributed by atoms with Gasteiger partial charge in [0.1, 0.15) is 91.6 Å². The van der Waals surface area contributed by atoms with Crippen LogP contribution in [0.3, 0.4) is 0 Å². The number of phosphoric acid groups is 2. The van der Waals surface area contributed by atoms with Gasteiger partial charge in [-0.2, -0.15) is 10.5 Å². The van der Waals surface area contributed by atoms with Crippen molar-refractivity contribution in [3.05, 3.63) is 323 Å². The molecule has 0 bridgehead atoms. The largest absolute Gasteiger partial charge is 0.475 e. The smallest absolute Gasteiger partial charge is 0.387 e. The van der Waals surface area contributed by atoms with Gasteiger partial charge in [0.2, 0.25) is 5.91 Å². The second-order valence-electron chi connectivity index (χ2n) is 29.7. The molecule has 0 radical (unpaired) electrons. The van der Waals surface area contributed by atoms with Crippen molar-refractivity contribution in [2.45, 2.75) is 177 Å². The number of aliphatic hydroxyl groups is 1. The predicted molar refractivity (Wildman–Crippen MR) is 454 cm³/mol. The number of amides is 1. The highest BCUT2D eigenvalue weighted by molar-refractivity contribution is 7.48. The molecule has 9 aromatic carbocycles. The zero-order valence-electron chi connectivity index (χ0n) is 68.9. The highest BCUT2D eigenvalue weighted by atomic mass is 31.2. The number of nitrogens with zero attached hydrogens (tertiary/aromatic N) is 2. The van der Waals surface area contributed by atoms with Gasteiger partial charge in [0.25, 0.3) is 0 Å². The molecule has 0 saturated carbocycles. The van der Waals surface area contributed by atoms with E-state index in [1.807, 2.05) is 273 Å². The van der Waals surface area contributed by atoms with Crippen LogP contribution in [0.15, 0.2) is 273 Å². The normalized spacial score (nSPS) is 23.7. The van der Waals surface area contributed by atoms with Gasteiger partial charge in [0, 0.05) is 20.1 Å². The summed E-state index contributed by atoms with van der Waals surface area (Å²) in [6, 6.07) is 88.9. The minimum absolute atomic E-state index is 0.0137. The van der Waals surface area contributed by atoms with Crippen molar-refractivity contribution in [2.75, 3.05) is 66.5 Å². The third-order valence-electron chi connectivity index (χ3n) is 20.6. The Balaban J connectivity index is 0.938. The summed E-state index contributed by atoms with van der Waals surface area (Å²) in [6.45, 7) is -2.61. The maximum Gasteiger partial charge on any atom is 0.475 e. The number of hydrogen-bond acceptors (Lipinski definition) is 25. The molecule has 17 atom stereocenters. The maximum absolute atomic E-state index is 16.8. The topological polar surface area (TPSA) is 306 Å². The van der Waals surface area contributed by atoms with Crippen molar-refractivity contribution < 1.29 is 108 Å². The first kappa shape index (κ1) is 93.3. The zero-order valence-corrected chi connectivity index (χ0v) is 70.7. The number of nitriles is 2. The second-order valence-corrected chi connectivity index (χ2v) is 32.9. The number of aliphatic hydroxyl groups excluding tert-OH is 1. The van der Waals surface area contributed by atoms with Crippen molar-refractivity contribution in [2.24, 2.45) is 0 Å². The lowest BCUT2D eigenvalue weighted by Gasteiger charge is -2.47. The maximum atomic E-state index is 16.8. The molecule has 28 heteroatoms. The predicted octanol–water partition coefficient (Wildman–Crippen LogP) is 15.2. The van der Waals surface area contributed by atoms with Crippen molar-refractivity contribution in [1.82, 2.24) is 5.32 Å². The van der Waals surface area contributed by atoms with Gasteiger partial charge < -0.3 is 72.0 Å². The summed E-state index contributed by atoms with van der Waals surface area (Å²) in [6.07, 6.45) is -19.2. The van der Waals surface area contributed by atoms with Gasteiger partial charge in [-0.3, -0.25) is 31.9 Å². The number of carbonyl (C=O) groups excluding carboxylic acids is 1. The first-order chi connectivity index (χ1) is 60.4. The van der Waals surface area contributed by atoms with E-state index in [0.717, 1.165) is 44.5 Å². The lowest BCUT2D eigenvalue weighted by molar-refractivity contribution is -0.270. The molecule has 0 spiro atoms. The standard InChI is InChI=1S/C95H109N3O23P2/c1-98-86(99)50-29-53-103-65-81-90(109-61-76-42-21-7-22-43-76)94(91(110-62-77-44-23-8-24-45-77)82(118-81)67-105-57-72-34-13-3-14-35-72)120-123(102,114-55-31-52-97)116-70-85-93(112-64-79-48-27-10-28-49-79)95(92(111-63-78-46-25-9-26-47-78)83(119-85)68-106-58-73-36-15-4-16-37-73)121-122(101,113-54-30-51-96)115-69-84-89(108-60-75-40-19-6-20-41-75)87(100)88(107-59-74-38-17-5-18-39-74)80(117-84)66-104-56-71-32-11-2-12-33-71/h2-28,32-49,80-85,87-95,100H,29-31,50,53-70H2,1H3,(H,98,99)/t80-,81+,82-,83-,84+,85+,87+,88-,89+,90+,91-,92-,93+,94-,95+,122?,123?/m1/s1. The molecule has 0 aliphatic carbocycles. The number of phosphoric ester groups is 2. The Morgan fingerprint density at radius 1 is 0.325 bits per heavy atom. The third kappa shape index (κ3) is 30.2. The molecule has 123 heavy (non-hydrogen) atoms. The van der Waals surface area contributed by atoms with Gasteiger partial charge >= 0.3 is 15.6 Å². The Labute approximate surface area is 719 Å². The number of rotatable bonds is 52. The van der Waals surface area contributed by atoms with Crippen molar-refractivity contribution >= 4 is 21.6 Å². The molecule has 3 aliphatic heterocycles. The van der Waals surface area contributed by atoms with E-state index in [2.05, 4.69) is 17.5 Å². The molecule has 9 aromatic rings. The highest BCUT2D eigenvalue weighted by Gasteiger charge is 2.56. The van der Waals surface area contributed by atoms with E-state index >= 15 is 9.13 Å². The summed E-state index contributed by atoms with van der Waals surface area (Å²) >= 11 is 0. The first-order valence-electron chi connectivity index (χ1n) is 41.5. The lowest BCUT2D eigenvalue weighted by Crippen LogP contribution is -2.62. The van der Waals surface area contributed by atoms with Crippen LogP contribution in [0.2, 0.25) is 0 Å². The van der Waals surface area contributed by atoms with Crippen LogP contribution in [0.1, 0.15) is 75.8 Å². The van der Waals surface area contributed by atoms with Gasteiger partial charge in [0.05, 0.1) is 137 Å². The van der Waals surface area contributed by atoms with Crippen LogP contribution in [0.4, 0.5) is 0 Å². The molecular formula is C95H109N3O23P2.